The Morgan fingerprint density at radius 2 is 1.00 bits per heavy atom. The molecule has 0 saturated heterocycles. The van der Waals surface area contributed by atoms with Gasteiger partial charge in [-0.3, -0.25) is 0 Å². The van der Waals surface area contributed by atoms with E-state index in [1.165, 1.54) is 11.1 Å². The summed E-state index contributed by atoms with van der Waals surface area (Å²) in [6.07, 6.45) is 0.0927. The standard InChI is InChI=1S/C23H32O4/c1-19(14-24-17-22-10-6-4-7-11-22)25-15-20(2)26-16-21(3)27-18-23-12-8-5-9-13-23/h4-13,19-21H,14-18H2,1-3H3. The van der Waals surface area contributed by atoms with E-state index >= 15 is 0 Å². The second-order valence-corrected chi connectivity index (χ2v) is 6.90. The van der Waals surface area contributed by atoms with Gasteiger partial charge in [0.05, 0.1) is 51.3 Å². The maximum Gasteiger partial charge on any atom is 0.0785 e. The summed E-state index contributed by atoms with van der Waals surface area (Å²) in [6.45, 7) is 8.93. The number of ether oxygens (including phenoxy) is 4. The van der Waals surface area contributed by atoms with Crippen molar-refractivity contribution in [3.05, 3.63) is 71.8 Å². The van der Waals surface area contributed by atoms with E-state index in [9.17, 15) is 0 Å². The monoisotopic (exact) mass is 372 g/mol. The van der Waals surface area contributed by atoms with Gasteiger partial charge >= 0.3 is 0 Å². The van der Waals surface area contributed by atoms with E-state index in [1.807, 2.05) is 57.2 Å². The van der Waals surface area contributed by atoms with Gasteiger partial charge in [-0.15, -0.1) is 0 Å². The molecule has 0 spiro atoms. The van der Waals surface area contributed by atoms with Crippen molar-refractivity contribution < 1.29 is 18.9 Å². The minimum absolute atomic E-state index is 0.0179. The minimum atomic E-state index is 0.0179. The van der Waals surface area contributed by atoms with Crippen LogP contribution < -0.4 is 0 Å². The van der Waals surface area contributed by atoms with Crippen molar-refractivity contribution in [2.75, 3.05) is 19.8 Å². The molecule has 148 valence electrons. The average molecular weight is 373 g/mol. The van der Waals surface area contributed by atoms with Crippen molar-refractivity contribution in [3.8, 4) is 0 Å². The molecule has 0 heterocycles. The topological polar surface area (TPSA) is 36.9 Å². The Kier molecular flexibility index (Phi) is 10.1. The van der Waals surface area contributed by atoms with Gasteiger partial charge in [-0.2, -0.15) is 0 Å². The van der Waals surface area contributed by atoms with Gasteiger partial charge < -0.3 is 18.9 Å². The average Bonchev–Trinajstić information content (AvgIpc) is 2.70. The zero-order chi connectivity index (χ0) is 19.3. The fourth-order valence-corrected chi connectivity index (χ4v) is 2.47. The molecule has 2 aromatic carbocycles. The first-order chi connectivity index (χ1) is 13.1. The smallest absolute Gasteiger partial charge is 0.0785 e. The molecule has 2 aromatic rings. The van der Waals surface area contributed by atoms with Gasteiger partial charge in [-0.25, -0.2) is 0 Å². The molecular formula is C23H32O4. The normalized spacial score (nSPS) is 14.6. The van der Waals surface area contributed by atoms with Crippen LogP contribution in [0.5, 0.6) is 0 Å². The molecule has 4 nitrogen and oxygen atoms in total. The third-order valence-electron chi connectivity index (χ3n) is 4.07. The second-order valence-electron chi connectivity index (χ2n) is 6.90. The summed E-state index contributed by atoms with van der Waals surface area (Å²) < 4.78 is 23.2. The summed E-state index contributed by atoms with van der Waals surface area (Å²) in [5, 5.41) is 0. The van der Waals surface area contributed by atoms with E-state index in [-0.39, 0.29) is 18.3 Å². The third kappa shape index (κ3) is 9.68. The van der Waals surface area contributed by atoms with Crippen molar-refractivity contribution >= 4 is 0 Å². The van der Waals surface area contributed by atoms with Crippen LogP contribution in [0.2, 0.25) is 0 Å². The first-order valence-corrected chi connectivity index (χ1v) is 9.64. The molecule has 2 rings (SSSR count). The van der Waals surface area contributed by atoms with Crippen LogP contribution >= 0.6 is 0 Å². The highest BCUT2D eigenvalue weighted by molar-refractivity contribution is 5.14. The van der Waals surface area contributed by atoms with Crippen molar-refractivity contribution in [3.63, 3.8) is 0 Å². The van der Waals surface area contributed by atoms with Crippen LogP contribution in [0, 0.1) is 0 Å². The Hall–Kier alpha value is -1.72. The lowest BCUT2D eigenvalue weighted by molar-refractivity contribution is -0.0832. The first kappa shape index (κ1) is 21.6. The molecule has 4 heteroatoms. The molecule has 0 aliphatic carbocycles. The van der Waals surface area contributed by atoms with Gasteiger partial charge in [0.15, 0.2) is 0 Å². The lowest BCUT2D eigenvalue weighted by Crippen LogP contribution is -2.26. The van der Waals surface area contributed by atoms with E-state index in [1.54, 1.807) is 0 Å². The maximum atomic E-state index is 5.83. The van der Waals surface area contributed by atoms with Crippen LogP contribution in [0.3, 0.4) is 0 Å². The van der Waals surface area contributed by atoms with Gasteiger partial charge in [0.1, 0.15) is 0 Å². The number of benzene rings is 2. The van der Waals surface area contributed by atoms with E-state index in [2.05, 4.69) is 24.3 Å². The zero-order valence-corrected chi connectivity index (χ0v) is 16.7. The Morgan fingerprint density at radius 1 is 0.556 bits per heavy atom. The van der Waals surface area contributed by atoms with Crippen LogP contribution in [0.4, 0.5) is 0 Å². The Balaban J connectivity index is 1.51. The second kappa shape index (κ2) is 12.6. The Bertz CT molecular complexity index is 602. The summed E-state index contributed by atoms with van der Waals surface area (Å²) in [4.78, 5) is 0. The molecule has 0 radical (unpaired) electrons. The SMILES string of the molecule is CC(COCc1ccccc1)OCC(C)OCC(C)OCc1ccccc1. The van der Waals surface area contributed by atoms with Crippen LogP contribution in [-0.4, -0.2) is 38.1 Å². The van der Waals surface area contributed by atoms with Crippen LogP contribution in [0.1, 0.15) is 31.9 Å². The maximum absolute atomic E-state index is 5.83. The lowest BCUT2D eigenvalue weighted by Gasteiger charge is -2.20. The summed E-state index contributed by atoms with van der Waals surface area (Å²) in [7, 11) is 0. The van der Waals surface area contributed by atoms with Crippen molar-refractivity contribution in [2.24, 2.45) is 0 Å². The number of hydrogen-bond acceptors (Lipinski definition) is 4. The first-order valence-electron chi connectivity index (χ1n) is 9.64. The van der Waals surface area contributed by atoms with Crippen LogP contribution in [-0.2, 0) is 32.2 Å². The van der Waals surface area contributed by atoms with Crippen LogP contribution in [0.25, 0.3) is 0 Å². The molecule has 0 N–H and O–H groups in total. The molecule has 0 amide bonds. The number of hydrogen-bond donors (Lipinski definition) is 0. The largest absolute Gasteiger partial charge is 0.374 e. The Labute approximate surface area is 163 Å². The highest BCUT2D eigenvalue weighted by atomic mass is 16.6. The summed E-state index contributed by atoms with van der Waals surface area (Å²) >= 11 is 0. The molecule has 0 fully saturated rings. The van der Waals surface area contributed by atoms with E-state index in [0.29, 0.717) is 33.0 Å². The minimum Gasteiger partial charge on any atom is -0.374 e. The summed E-state index contributed by atoms with van der Waals surface area (Å²) in [6, 6.07) is 20.3. The predicted octanol–water partition coefficient (Wildman–Crippen LogP) is 4.62. The molecule has 0 saturated carbocycles. The Morgan fingerprint density at radius 3 is 1.56 bits per heavy atom. The predicted molar refractivity (Wildman–Crippen MR) is 108 cm³/mol. The third-order valence-corrected chi connectivity index (χ3v) is 4.07. The number of rotatable bonds is 13. The fraction of sp³-hybridized carbons (Fsp3) is 0.478. The molecular weight excluding hydrogens is 340 g/mol. The summed E-state index contributed by atoms with van der Waals surface area (Å²) in [5.41, 5.74) is 2.34. The zero-order valence-electron chi connectivity index (χ0n) is 16.7. The van der Waals surface area contributed by atoms with E-state index < -0.39 is 0 Å². The van der Waals surface area contributed by atoms with Gasteiger partial charge in [0.25, 0.3) is 0 Å². The quantitative estimate of drug-likeness (QED) is 0.514. The summed E-state index contributed by atoms with van der Waals surface area (Å²) in [5.74, 6) is 0. The van der Waals surface area contributed by atoms with Gasteiger partial charge in [-0.1, -0.05) is 60.7 Å². The highest BCUT2D eigenvalue weighted by Gasteiger charge is 2.10. The van der Waals surface area contributed by atoms with Crippen molar-refractivity contribution in [2.45, 2.75) is 52.3 Å². The van der Waals surface area contributed by atoms with Gasteiger partial charge in [0.2, 0.25) is 0 Å². The van der Waals surface area contributed by atoms with Crippen LogP contribution in [0.15, 0.2) is 60.7 Å². The highest BCUT2D eigenvalue weighted by Crippen LogP contribution is 2.06. The van der Waals surface area contributed by atoms with Crippen molar-refractivity contribution in [1.29, 1.82) is 0 Å². The molecule has 27 heavy (non-hydrogen) atoms. The van der Waals surface area contributed by atoms with Gasteiger partial charge in [0, 0.05) is 0 Å². The van der Waals surface area contributed by atoms with Gasteiger partial charge in [-0.05, 0) is 31.9 Å². The lowest BCUT2D eigenvalue weighted by atomic mass is 10.2. The van der Waals surface area contributed by atoms with E-state index in [4.69, 9.17) is 18.9 Å². The molecule has 0 aliphatic rings. The van der Waals surface area contributed by atoms with Crippen molar-refractivity contribution in [1.82, 2.24) is 0 Å². The molecule has 0 aromatic heterocycles. The molecule has 3 atom stereocenters. The molecule has 3 unspecified atom stereocenters. The molecule has 0 aliphatic heterocycles. The fourth-order valence-electron chi connectivity index (χ4n) is 2.47. The molecule has 0 bridgehead atoms. The van der Waals surface area contributed by atoms with E-state index in [0.717, 1.165) is 0 Å².